The van der Waals surface area contributed by atoms with Crippen LogP contribution in [0, 0.1) is 5.92 Å². The predicted octanol–water partition coefficient (Wildman–Crippen LogP) is 5.32. The van der Waals surface area contributed by atoms with Gasteiger partial charge in [-0.2, -0.15) is 5.10 Å². The molecule has 1 amide bonds. The first-order valence-electron chi connectivity index (χ1n) is 9.62. The number of rotatable bonds is 3. The van der Waals surface area contributed by atoms with Crippen LogP contribution in [0.25, 0.3) is 22.2 Å². The molecule has 28 heavy (non-hydrogen) atoms. The van der Waals surface area contributed by atoms with Crippen molar-refractivity contribution in [1.29, 1.82) is 0 Å². The third kappa shape index (κ3) is 3.33. The Morgan fingerprint density at radius 1 is 1.18 bits per heavy atom. The number of likely N-dealkylation sites (tertiary alicyclic amines) is 1. The van der Waals surface area contributed by atoms with Gasteiger partial charge in [0.25, 0.3) is 5.91 Å². The van der Waals surface area contributed by atoms with Crippen molar-refractivity contribution in [3.8, 4) is 11.3 Å². The Morgan fingerprint density at radius 3 is 2.57 bits per heavy atom. The first kappa shape index (κ1) is 18.8. The minimum absolute atomic E-state index is 0.0754. The maximum absolute atomic E-state index is 13.3. The average Bonchev–Trinajstić information content (AvgIpc) is 3.04. The number of carbonyl (C=O) groups excluding carboxylic acids is 1. The summed E-state index contributed by atoms with van der Waals surface area (Å²) < 4.78 is 1.81. The summed E-state index contributed by atoms with van der Waals surface area (Å²) in [5, 5.41) is 6.34. The van der Waals surface area contributed by atoms with Crippen LogP contribution in [-0.2, 0) is 7.05 Å². The molecule has 0 saturated carbocycles. The summed E-state index contributed by atoms with van der Waals surface area (Å²) in [5.41, 5.74) is 4.58. The summed E-state index contributed by atoms with van der Waals surface area (Å²) in [4.78, 5) is 15.2. The fourth-order valence-electron chi connectivity index (χ4n) is 4.10. The smallest absolute Gasteiger partial charge is 0.256 e. The standard InChI is InChI=1S/C23H24ClN3O/c1-15(2)16-10-12-27(13-11-16)23(28)20-9-5-8-19-21(25-26(3)22(19)20)17-6-4-7-18(24)14-17/h4-9,14,16H,1,10-13H2,2-3H3. The minimum atomic E-state index is 0.0754. The van der Waals surface area contributed by atoms with E-state index in [1.807, 2.05) is 54.4 Å². The summed E-state index contributed by atoms with van der Waals surface area (Å²) in [6.07, 6.45) is 1.96. The van der Waals surface area contributed by atoms with Gasteiger partial charge in [0.1, 0.15) is 5.69 Å². The van der Waals surface area contributed by atoms with Gasteiger partial charge >= 0.3 is 0 Å². The number of para-hydroxylation sites is 1. The third-order valence-electron chi connectivity index (χ3n) is 5.67. The number of hydrogen-bond acceptors (Lipinski definition) is 2. The first-order valence-corrected chi connectivity index (χ1v) is 10.00. The number of allylic oxidation sites excluding steroid dienone is 1. The number of halogens is 1. The van der Waals surface area contributed by atoms with E-state index in [9.17, 15) is 4.79 Å². The maximum Gasteiger partial charge on any atom is 0.256 e. The molecule has 0 aliphatic carbocycles. The Balaban J connectivity index is 1.71. The zero-order chi connectivity index (χ0) is 19.8. The van der Waals surface area contributed by atoms with E-state index in [2.05, 4.69) is 13.5 Å². The summed E-state index contributed by atoms with van der Waals surface area (Å²) in [7, 11) is 1.89. The number of piperidine rings is 1. The number of nitrogens with zero attached hydrogens (tertiary/aromatic N) is 3. The normalized spacial score (nSPS) is 15.2. The van der Waals surface area contributed by atoms with Gasteiger partial charge in [-0.15, -0.1) is 0 Å². The monoisotopic (exact) mass is 393 g/mol. The van der Waals surface area contributed by atoms with E-state index >= 15 is 0 Å². The molecule has 4 rings (SSSR count). The Bertz CT molecular complexity index is 1060. The molecule has 0 spiro atoms. The van der Waals surface area contributed by atoms with Crippen molar-refractivity contribution < 1.29 is 4.79 Å². The van der Waals surface area contributed by atoms with Gasteiger partial charge in [0, 0.05) is 36.1 Å². The number of amides is 1. The lowest BCUT2D eigenvalue weighted by molar-refractivity contribution is 0.0703. The first-order chi connectivity index (χ1) is 13.5. The molecule has 0 bridgehead atoms. The van der Waals surface area contributed by atoms with Crippen LogP contribution in [0.1, 0.15) is 30.1 Å². The minimum Gasteiger partial charge on any atom is -0.339 e. The zero-order valence-electron chi connectivity index (χ0n) is 16.3. The SMILES string of the molecule is C=C(C)C1CCN(C(=O)c2cccc3c(-c4cccc(Cl)c4)nn(C)c23)CC1. The van der Waals surface area contributed by atoms with Gasteiger partial charge in [-0.1, -0.05) is 48.0 Å². The van der Waals surface area contributed by atoms with Crippen LogP contribution in [-0.4, -0.2) is 33.7 Å². The van der Waals surface area contributed by atoms with E-state index in [4.69, 9.17) is 16.7 Å². The molecule has 2 aromatic carbocycles. The van der Waals surface area contributed by atoms with Crippen LogP contribution in [0.5, 0.6) is 0 Å². The Kier molecular flexibility index (Phi) is 4.98. The maximum atomic E-state index is 13.3. The average molecular weight is 394 g/mol. The largest absolute Gasteiger partial charge is 0.339 e. The molecule has 1 fully saturated rings. The van der Waals surface area contributed by atoms with Crippen molar-refractivity contribution >= 4 is 28.4 Å². The molecular formula is C23H24ClN3O. The second-order valence-electron chi connectivity index (χ2n) is 7.60. The summed E-state index contributed by atoms with van der Waals surface area (Å²) in [6, 6.07) is 13.5. The summed E-state index contributed by atoms with van der Waals surface area (Å²) in [6.45, 7) is 7.69. The number of aryl methyl sites for hydroxylation is 1. The van der Waals surface area contributed by atoms with Gasteiger partial charge < -0.3 is 4.90 Å². The number of hydrogen-bond donors (Lipinski definition) is 0. The lowest BCUT2D eigenvalue weighted by Gasteiger charge is -2.32. The van der Waals surface area contributed by atoms with Gasteiger partial charge in [-0.25, -0.2) is 0 Å². The van der Waals surface area contributed by atoms with Gasteiger partial charge in [-0.3, -0.25) is 9.48 Å². The van der Waals surface area contributed by atoms with Gasteiger partial charge in [0.2, 0.25) is 0 Å². The van der Waals surface area contributed by atoms with Gasteiger partial charge in [-0.05, 0) is 43.9 Å². The Morgan fingerprint density at radius 2 is 1.89 bits per heavy atom. The highest BCUT2D eigenvalue weighted by Crippen LogP contribution is 2.32. The topological polar surface area (TPSA) is 38.1 Å². The highest BCUT2D eigenvalue weighted by molar-refractivity contribution is 6.30. The Labute approximate surface area is 170 Å². The van der Waals surface area contributed by atoms with Crippen molar-refractivity contribution in [2.45, 2.75) is 19.8 Å². The second kappa shape index (κ2) is 7.44. The molecule has 1 aliphatic heterocycles. The molecule has 5 heteroatoms. The third-order valence-corrected chi connectivity index (χ3v) is 5.91. The van der Waals surface area contributed by atoms with Crippen LogP contribution in [0.4, 0.5) is 0 Å². The molecule has 4 nitrogen and oxygen atoms in total. The molecule has 144 valence electrons. The zero-order valence-corrected chi connectivity index (χ0v) is 17.0. The highest BCUT2D eigenvalue weighted by atomic mass is 35.5. The Hall–Kier alpha value is -2.59. The number of carbonyl (C=O) groups is 1. The van der Waals surface area contributed by atoms with E-state index in [-0.39, 0.29) is 5.91 Å². The molecule has 0 N–H and O–H groups in total. The van der Waals surface area contributed by atoms with Crippen molar-refractivity contribution in [1.82, 2.24) is 14.7 Å². The van der Waals surface area contributed by atoms with Gasteiger partial charge in [0.15, 0.2) is 0 Å². The quantitative estimate of drug-likeness (QED) is 0.564. The molecule has 3 aromatic rings. The van der Waals surface area contributed by atoms with Crippen LogP contribution in [0.15, 0.2) is 54.6 Å². The number of fused-ring (bicyclic) bond motifs is 1. The molecule has 2 heterocycles. The predicted molar refractivity (Wildman–Crippen MR) is 115 cm³/mol. The fraction of sp³-hybridized carbons (Fsp3) is 0.304. The molecular weight excluding hydrogens is 370 g/mol. The summed E-state index contributed by atoms with van der Waals surface area (Å²) in [5.74, 6) is 0.595. The van der Waals surface area contributed by atoms with E-state index in [0.29, 0.717) is 16.5 Å². The van der Waals surface area contributed by atoms with Crippen LogP contribution < -0.4 is 0 Å². The van der Waals surface area contributed by atoms with Crippen LogP contribution in [0.2, 0.25) is 5.02 Å². The fourth-order valence-corrected chi connectivity index (χ4v) is 4.29. The second-order valence-corrected chi connectivity index (χ2v) is 8.03. The molecule has 0 atom stereocenters. The molecule has 1 aromatic heterocycles. The van der Waals surface area contributed by atoms with Crippen molar-refractivity contribution in [3.63, 3.8) is 0 Å². The number of aromatic nitrogens is 2. The summed E-state index contributed by atoms with van der Waals surface area (Å²) >= 11 is 6.17. The lowest BCUT2D eigenvalue weighted by Crippen LogP contribution is -2.38. The van der Waals surface area contributed by atoms with E-state index < -0.39 is 0 Å². The van der Waals surface area contributed by atoms with Gasteiger partial charge in [0.05, 0.1) is 11.1 Å². The van der Waals surface area contributed by atoms with Crippen molar-refractivity contribution in [2.75, 3.05) is 13.1 Å². The highest BCUT2D eigenvalue weighted by Gasteiger charge is 2.26. The van der Waals surface area contributed by atoms with Crippen LogP contribution >= 0.6 is 11.6 Å². The molecule has 0 radical (unpaired) electrons. The van der Waals surface area contributed by atoms with E-state index in [0.717, 1.165) is 48.1 Å². The molecule has 0 unspecified atom stereocenters. The molecule has 1 saturated heterocycles. The lowest BCUT2D eigenvalue weighted by atomic mass is 9.90. The van der Waals surface area contributed by atoms with E-state index in [1.165, 1.54) is 5.57 Å². The van der Waals surface area contributed by atoms with Crippen molar-refractivity contribution in [2.24, 2.45) is 13.0 Å². The molecule has 1 aliphatic rings. The van der Waals surface area contributed by atoms with E-state index in [1.54, 1.807) is 4.68 Å². The van der Waals surface area contributed by atoms with Crippen molar-refractivity contribution in [3.05, 3.63) is 65.2 Å². The number of benzene rings is 2. The van der Waals surface area contributed by atoms with Crippen LogP contribution in [0.3, 0.4) is 0 Å².